The van der Waals surface area contributed by atoms with Crippen molar-refractivity contribution in [1.29, 1.82) is 0 Å². The van der Waals surface area contributed by atoms with Crippen molar-refractivity contribution < 1.29 is 9.53 Å². The first kappa shape index (κ1) is 11.8. The first-order valence-electron chi connectivity index (χ1n) is 4.66. The summed E-state index contributed by atoms with van der Waals surface area (Å²) < 4.78 is 4.80. The van der Waals surface area contributed by atoms with Crippen LogP contribution in [-0.4, -0.2) is 23.3 Å². The second-order valence-corrected chi connectivity index (χ2v) is 3.86. The third-order valence-corrected chi connectivity index (χ3v) is 2.56. The second-order valence-electron chi connectivity index (χ2n) is 2.88. The van der Waals surface area contributed by atoms with Crippen LogP contribution in [-0.2, 0) is 15.3 Å². The highest BCUT2D eigenvalue weighted by atomic mass is 32.2. The molecule has 0 unspecified atom stereocenters. The molecular formula is C10H14N2O2S. The average molecular weight is 226 g/mol. The van der Waals surface area contributed by atoms with Gasteiger partial charge in [0.25, 0.3) is 0 Å². The van der Waals surface area contributed by atoms with Gasteiger partial charge in [0.2, 0.25) is 0 Å². The van der Waals surface area contributed by atoms with Crippen LogP contribution >= 0.6 is 11.8 Å². The maximum Gasteiger partial charge on any atom is 0.315 e. The van der Waals surface area contributed by atoms with Gasteiger partial charge in [0, 0.05) is 17.6 Å². The van der Waals surface area contributed by atoms with Crippen LogP contribution in [0.4, 0.5) is 5.69 Å². The Morgan fingerprint density at radius 1 is 1.67 bits per heavy atom. The largest absolute Gasteiger partial charge is 0.465 e. The number of hydrogen-bond acceptors (Lipinski definition) is 5. The van der Waals surface area contributed by atoms with Crippen molar-refractivity contribution in [3.63, 3.8) is 0 Å². The van der Waals surface area contributed by atoms with E-state index in [4.69, 9.17) is 10.5 Å². The van der Waals surface area contributed by atoms with E-state index in [1.807, 2.05) is 0 Å². The van der Waals surface area contributed by atoms with Gasteiger partial charge in [0.05, 0.1) is 18.1 Å². The molecule has 0 aliphatic carbocycles. The zero-order valence-electron chi connectivity index (χ0n) is 8.60. The van der Waals surface area contributed by atoms with Crippen molar-refractivity contribution in [3.8, 4) is 0 Å². The van der Waals surface area contributed by atoms with Crippen LogP contribution in [0, 0.1) is 0 Å². The van der Waals surface area contributed by atoms with E-state index in [1.54, 1.807) is 25.3 Å². The monoisotopic (exact) mass is 226 g/mol. The minimum Gasteiger partial charge on any atom is -0.465 e. The number of carbonyl (C=O) groups is 1. The summed E-state index contributed by atoms with van der Waals surface area (Å²) >= 11 is 1.47. The third-order valence-electron chi connectivity index (χ3n) is 1.62. The summed E-state index contributed by atoms with van der Waals surface area (Å²) in [6.07, 6.45) is 1.66. The number of nitrogens with two attached hydrogens (primary N) is 1. The highest BCUT2D eigenvalue weighted by Gasteiger charge is 2.02. The van der Waals surface area contributed by atoms with Crippen LogP contribution in [0.15, 0.2) is 18.3 Å². The summed E-state index contributed by atoms with van der Waals surface area (Å²) in [7, 11) is 0. The van der Waals surface area contributed by atoms with E-state index in [9.17, 15) is 4.79 Å². The molecule has 82 valence electrons. The van der Waals surface area contributed by atoms with Gasteiger partial charge in [-0.05, 0) is 19.1 Å². The van der Waals surface area contributed by atoms with Crippen molar-refractivity contribution in [3.05, 3.63) is 24.0 Å². The zero-order valence-corrected chi connectivity index (χ0v) is 9.42. The Morgan fingerprint density at radius 2 is 2.47 bits per heavy atom. The van der Waals surface area contributed by atoms with Gasteiger partial charge in [-0.25, -0.2) is 0 Å². The Labute approximate surface area is 93.2 Å². The molecule has 5 heteroatoms. The molecule has 1 rings (SSSR count). The van der Waals surface area contributed by atoms with E-state index in [-0.39, 0.29) is 5.97 Å². The maximum absolute atomic E-state index is 11.0. The SMILES string of the molecule is CCOC(=O)CSCc1cc(N)ccn1. The highest BCUT2D eigenvalue weighted by Crippen LogP contribution is 2.12. The highest BCUT2D eigenvalue weighted by molar-refractivity contribution is 7.99. The first-order chi connectivity index (χ1) is 7.22. The van der Waals surface area contributed by atoms with Crippen LogP contribution in [0.5, 0.6) is 0 Å². The molecule has 4 nitrogen and oxygen atoms in total. The lowest BCUT2D eigenvalue weighted by Gasteiger charge is -2.02. The summed E-state index contributed by atoms with van der Waals surface area (Å²) in [6, 6.07) is 3.54. The molecule has 1 heterocycles. The van der Waals surface area contributed by atoms with Gasteiger partial charge in [-0.2, -0.15) is 0 Å². The quantitative estimate of drug-likeness (QED) is 0.770. The fourth-order valence-electron chi connectivity index (χ4n) is 1.02. The smallest absolute Gasteiger partial charge is 0.315 e. The van der Waals surface area contributed by atoms with Crippen molar-refractivity contribution in [1.82, 2.24) is 4.98 Å². The Balaban J connectivity index is 2.28. The molecule has 0 saturated carbocycles. The van der Waals surface area contributed by atoms with Crippen molar-refractivity contribution in [2.45, 2.75) is 12.7 Å². The molecular weight excluding hydrogens is 212 g/mol. The molecule has 0 saturated heterocycles. The molecule has 1 aromatic heterocycles. The van der Waals surface area contributed by atoms with E-state index in [0.717, 1.165) is 5.69 Å². The number of thioether (sulfide) groups is 1. The molecule has 0 spiro atoms. The Bertz CT molecular complexity index is 331. The van der Waals surface area contributed by atoms with Gasteiger partial charge in [0.1, 0.15) is 0 Å². The normalized spacial score (nSPS) is 9.93. The number of carbonyl (C=O) groups excluding carboxylic acids is 1. The molecule has 0 radical (unpaired) electrons. The Hall–Kier alpha value is -1.23. The number of rotatable bonds is 5. The van der Waals surface area contributed by atoms with Gasteiger partial charge in [-0.3, -0.25) is 9.78 Å². The number of nitrogen functional groups attached to an aromatic ring is 1. The van der Waals surface area contributed by atoms with Crippen LogP contribution in [0.3, 0.4) is 0 Å². The summed E-state index contributed by atoms with van der Waals surface area (Å²) in [5.41, 5.74) is 7.17. The molecule has 0 aliphatic rings. The van der Waals surface area contributed by atoms with Crippen LogP contribution < -0.4 is 5.73 Å². The number of esters is 1. The molecule has 0 aliphatic heterocycles. The molecule has 0 atom stereocenters. The number of anilines is 1. The lowest BCUT2D eigenvalue weighted by molar-refractivity contribution is -0.139. The number of pyridine rings is 1. The van der Waals surface area contributed by atoms with Gasteiger partial charge < -0.3 is 10.5 Å². The fraction of sp³-hybridized carbons (Fsp3) is 0.400. The van der Waals surface area contributed by atoms with E-state index in [1.165, 1.54) is 11.8 Å². The lowest BCUT2D eigenvalue weighted by atomic mass is 10.3. The van der Waals surface area contributed by atoms with Crippen LogP contribution in [0.1, 0.15) is 12.6 Å². The van der Waals surface area contributed by atoms with Gasteiger partial charge in [-0.15, -0.1) is 11.8 Å². The topological polar surface area (TPSA) is 65.2 Å². The molecule has 2 N–H and O–H groups in total. The predicted octanol–water partition coefficient (Wildman–Crippen LogP) is 1.46. The fourth-order valence-corrected chi connectivity index (χ4v) is 1.74. The third kappa shape index (κ3) is 4.69. The average Bonchev–Trinajstić information content (AvgIpc) is 2.18. The zero-order chi connectivity index (χ0) is 11.1. The minimum absolute atomic E-state index is 0.189. The number of ether oxygens (including phenoxy) is 1. The van der Waals surface area contributed by atoms with Crippen molar-refractivity contribution >= 4 is 23.4 Å². The summed E-state index contributed by atoms with van der Waals surface area (Å²) in [5.74, 6) is 0.833. The molecule has 0 fully saturated rings. The van der Waals surface area contributed by atoms with E-state index in [0.29, 0.717) is 23.8 Å². The maximum atomic E-state index is 11.0. The molecule has 0 aromatic carbocycles. The number of aromatic nitrogens is 1. The van der Waals surface area contributed by atoms with Crippen molar-refractivity contribution in [2.24, 2.45) is 0 Å². The molecule has 1 aromatic rings. The van der Waals surface area contributed by atoms with Gasteiger partial charge >= 0.3 is 5.97 Å². The Kier molecular flexibility index (Phi) is 4.97. The molecule has 15 heavy (non-hydrogen) atoms. The summed E-state index contributed by atoms with van der Waals surface area (Å²) in [4.78, 5) is 15.1. The standard InChI is InChI=1S/C10H14N2O2S/c1-2-14-10(13)7-15-6-9-5-8(11)3-4-12-9/h3-5H,2,6-7H2,1H3,(H2,11,12). The van der Waals surface area contributed by atoms with Crippen LogP contribution in [0.2, 0.25) is 0 Å². The number of nitrogens with zero attached hydrogens (tertiary/aromatic N) is 1. The van der Waals surface area contributed by atoms with E-state index in [2.05, 4.69) is 4.98 Å². The van der Waals surface area contributed by atoms with E-state index < -0.39 is 0 Å². The van der Waals surface area contributed by atoms with Crippen molar-refractivity contribution in [2.75, 3.05) is 18.1 Å². The lowest BCUT2D eigenvalue weighted by Crippen LogP contribution is -2.06. The van der Waals surface area contributed by atoms with E-state index >= 15 is 0 Å². The van der Waals surface area contributed by atoms with Gasteiger partial charge in [0.15, 0.2) is 0 Å². The first-order valence-corrected chi connectivity index (χ1v) is 5.81. The predicted molar refractivity (Wildman–Crippen MR) is 61.4 cm³/mol. The summed E-state index contributed by atoms with van der Waals surface area (Å²) in [5, 5.41) is 0. The molecule has 0 bridgehead atoms. The number of hydrogen-bond donors (Lipinski definition) is 1. The van der Waals surface area contributed by atoms with Crippen LogP contribution in [0.25, 0.3) is 0 Å². The summed E-state index contributed by atoms with van der Waals surface area (Å²) in [6.45, 7) is 2.22. The minimum atomic E-state index is -0.189. The van der Waals surface area contributed by atoms with Gasteiger partial charge in [-0.1, -0.05) is 0 Å². The second kappa shape index (κ2) is 6.29. The molecule has 0 amide bonds. The Morgan fingerprint density at radius 3 is 3.13 bits per heavy atom.